The van der Waals surface area contributed by atoms with Gasteiger partial charge in [0.25, 0.3) is 5.91 Å². The minimum absolute atomic E-state index is 0.0522. The van der Waals surface area contributed by atoms with Gasteiger partial charge in [-0.15, -0.1) is 0 Å². The molecule has 0 aromatic carbocycles. The number of hydrogen-bond donors (Lipinski definition) is 3. The molecule has 0 aromatic rings. The molecule has 0 bridgehead atoms. The highest BCUT2D eigenvalue weighted by atomic mass is 16.5. The maximum absolute atomic E-state index is 11.8. The van der Waals surface area contributed by atoms with Crippen LogP contribution in [0.4, 0.5) is 4.79 Å². The van der Waals surface area contributed by atoms with Crippen molar-refractivity contribution in [1.29, 1.82) is 0 Å². The fourth-order valence-corrected chi connectivity index (χ4v) is 2.26. The average Bonchev–Trinajstić information content (AvgIpc) is 2.76. The Bertz CT molecular complexity index is 288. The smallest absolute Gasteiger partial charge is 0.322 e. The van der Waals surface area contributed by atoms with Crippen molar-refractivity contribution in [2.24, 2.45) is 5.92 Å². The molecule has 84 valence electrons. The third-order valence-electron chi connectivity index (χ3n) is 3.05. The van der Waals surface area contributed by atoms with Gasteiger partial charge in [-0.2, -0.15) is 0 Å². The van der Waals surface area contributed by atoms with E-state index in [1.807, 2.05) is 0 Å². The van der Waals surface area contributed by atoms with Crippen molar-refractivity contribution in [3.8, 4) is 0 Å². The van der Waals surface area contributed by atoms with Crippen LogP contribution in [0.5, 0.6) is 0 Å². The predicted octanol–water partition coefficient (Wildman–Crippen LogP) is -1.18. The molecule has 15 heavy (non-hydrogen) atoms. The predicted molar refractivity (Wildman–Crippen MR) is 52.3 cm³/mol. The van der Waals surface area contributed by atoms with E-state index in [0.29, 0.717) is 19.8 Å². The minimum atomic E-state index is -0.831. The number of rotatable bonds is 3. The second-order valence-electron chi connectivity index (χ2n) is 3.97. The number of likely N-dealkylation sites (N-methyl/N-ethyl adjacent to an activating group) is 1. The van der Waals surface area contributed by atoms with Crippen LogP contribution in [-0.4, -0.2) is 44.3 Å². The largest absolute Gasteiger partial charge is 0.381 e. The highest BCUT2D eigenvalue weighted by Crippen LogP contribution is 2.28. The number of imide groups is 1. The Hall–Kier alpha value is -1.14. The number of carbonyl (C=O) groups excluding carboxylic acids is 2. The normalized spacial score (nSPS) is 35.4. The topological polar surface area (TPSA) is 79.5 Å². The molecule has 0 saturated carbocycles. The first-order valence-electron chi connectivity index (χ1n) is 5.05. The van der Waals surface area contributed by atoms with Gasteiger partial charge < -0.3 is 15.4 Å². The Morgan fingerprint density at radius 3 is 2.87 bits per heavy atom. The lowest BCUT2D eigenvalue weighted by atomic mass is 9.83. The van der Waals surface area contributed by atoms with Crippen molar-refractivity contribution in [1.82, 2.24) is 16.0 Å². The molecule has 3 amide bonds. The summed E-state index contributed by atoms with van der Waals surface area (Å²) in [5.74, 6) is -0.200. The number of nitrogens with one attached hydrogen (secondary N) is 3. The van der Waals surface area contributed by atoms with Crippen LogP contribution in [0.1, 0.15) is 6.42 Å². The van der Waals surface area contributed by atoms with Crippen LogP contribution in [0, 0.1) is 5.92 Å². The van der Waals surface area contributed by atoms with Crippen molar-refractivity contribution in [2.45, 2.75) is 12.0 Å². The van der Waals surface area contributed by atoms with Gasteiger partial charge in [-0.25, -0.2) is 4.79 Å². The molecular weight excluding hydrogens is 198 g/mol. The fourth-order valence-electron chi connectivity index (χ4n) is 2.26. The molecule has 2 atom stereocenters. The van der Waals surface area contributed by atoms with Crippen molar-refractivity contribution in [3.63, 3.8) is 0 Å². The van der Waals surface area contributed by atoms with E-state index >= 15 is 0 Å². The molecular formula is C9H15N3O3. The second-order valence-corrected chi connectivity index (χ2v) is 3.97. The van der Waals surface area contributed by atoms with Gasteiger partial charge in [0, 0.05) is 19.1 Å². The van der Waals surface area contributed by atoms with E-state index in [9.17, 15) is 9.59 Å². The summed E-state index contributed by atoms with van der Waals surface area (Å²) < 4.78 is 5.27. The molecule has 0 radical (unpaired) electrons. The van der Waals surface area contributed by atoms with Crippen LogP contribution < -0.4 is 16.0 Å². The van der Waals surface area contributed by atoms with Gasteiger partial charge in [-0.1, -0.05) is 0 Å². The minimum Gasteiger partial charge on any atom is -0.381 e. The van der Waals surface area contributed by atoms with Gasteiger partial charge in [0.1, 0.15) is 5.54 Å². The van der Waals surface area contributed by atoms with Crippen LogP contribution in [-0.2, 0) is 9.53 Å². The third kappa shape index (κ3) is 1.59. The second kappa shape index (κ2) is 3.79. The Morgan fingerprint density at radius 1 is 1.60 bits per heavy atom. The molecule has 2 fully saturated rings. The molecule has 6 heteroatoms. The Morgan fingerprint density at radius 2 is 2.40 bits per heavy atom. The van der Waals surface area contributed by atoms with E-state index in [1.165, 1.54) is 0 Å². The Labute approximate surface area is 87.7 Å². The summed E-state index contributed by atoms with van der Waals surface area (Å²) in [6.45, 7) is 1.60. The van der Waals surface area contributed by atoms with Crippen molar-refractivity contribution in [3.05, 3.63) is 0 Å². The third-order valence-corrected chi connectivity index (χ3v) is 3.05. The van der Waals surface area contributed by atoms with Crippen LogP contribution in [0.15, 0.2) is 0 Å². The zero-order valence-corrected chi connectivity index (χ0v) is 8.63. The Kier molecular flexibility index (Phi) is 2.62. The maximum atomic E-state index is 11.8. The molecule has 2 aliphatic heterocycles. The number of carbonyl (C=O) groups is 2. The fraction of sp³-hybridized carbons (Fsp3) is 0.778. The number of ether oxygens (including phenoxy) is 1. The summed E-state index contributed by atoms with van der Waals surface area (Å²) in [7, 11) is 1.76. The molecule has 3 N–H and O–H groups in total. The Balaban J connectivity index is 2.22. The summed E-state index contributed by atoms with van der Waals surface area (Å²) in [6, 6.07) is -0.415. The van der Waals surface area contributed by atoms with Gasteiger partial charge >= 0.3 is 6.03 Å². The summed E-state index contributed by atoms with van der Waals surface area (Å²) in [4.78, 5) is 23.0. The van der Waals surface area contributed by atoms with Crippen LogP contribution >= 0.6 is 0 Å². The van der Waals surface area contributed by atoms with Gasteiger partial charge in [0.05, 0.1) is 6.61 Å². The summed E-state index contributed by atoms with van der Waals surface area (Å²) >= 11 is 0. The molecule has 2 rings (SSSR count). The van der Waals surface area contributed by atoms with Gasteiger partial charge in [0.2, 0.25) is 0 Å². The average molecular weight is 213 g/mol. The summed E-state index contributed by atoms with van der Waals surface area (Å²) in [5.41, 5.74) is -0.831. The first-order valence-corrected chi connectivity index (χ1v) is 5.05. The molecule has 2 aliphatic rings. The lowest BCUT2D eigenvalue weighted by Gasteiger charge is -2.30. The first kappa shape index (κ1) is 10.4. The van der Waals surface area contributed by atoms with Crippen LogP contribution in [0.2, 0.25) is 0 Å². The standard InChI is InChI=1S/C9H15N3O3/c1-10-5-9(6-2-3-15-4-6)7(13)11-8(14)12-9/h6,10H,2-5H2,1H3,(H2,11,12,13,14). The maximum Gasteiger partial charge on any atom is 0.322 e. The lowest BCUT2D eigenvalue weighted by molar-refractivity contribution is -0.125. The first-order chi connectivity index (χ1) is 7.19. The van der Waals surface area contributed by atoms with E-state index in [0.717, 1.165) is 6.42 Å². The van der Waals surface area contributed by atoms with E-state index in [1.54, 1.807) is 7.05 Å². The van der Waals surface area contributed by atoms with E-state index in [-0.39, 0.29) is 11.8 Å². The lowest BCUT2D eigenvalue weighted by Crippen LogP contribution is -2.59. The zero-order valence-electron chi connectivity index (χ0n) is 8.63. The van der Waals surface area contributed by atoms with Crippen molar-refractivity contribution in [2.75, 3.05) is 26.8 Å². The highest BCUT2D eigenvalue weighted by Gasteiger charge is 2.52. The van der Waals surface area contributed by atoms with Gasteiger partial charge in [-0.05, 0) is 13.5 Å². The van der Waals surface area contributed by atoms with Crippen molar-refractivity contribution >= 4 is 11.9 Å². The van der Waals surface area contributed by atoms with Gasteiger partial charge in [0.15, 0.2) is 0 Å². The van der Waals surface area contributed by atoms with Crippen LogP contribution in [0.25, 0.3) is 0 Å². The number of hydrogen-bond acceptors (Lipinski definition) is 4. The van der Waals surface area contributed by atoms with Crippen LogP contribution in [0.3, 0.4) is 0 Å². The monoisotopic (exact) mass is 213 g/mol. The molecule has 2 unspecified atom stereocenters. The van der Waals surface area contributed by atoms with E-state index in [2.05, 4.69) is 16.0 Å². The van der Waals surface area contributed by atoms with E-state index < -0.39 is 11.6 Å². The molecule has 0 aromatic heterocycles. The van der Waals surface area contributed by atoms with E-state index in [4.69, 9.17) is 4.74 Å². The molecule has 0 aliphatic carbocycles. The number of urea groups is 1. The summed E-state index contributed by atoms with van der Waals surface area (Å²) in [5, 5.41) is 7.95. The number of amides is 3. The molecule has 2 heterocycles. The SMILES string of the molecule is CNCC1(C2CCOC2)NC(=O)NC1=O. The molecule has 6 nitrogen and oxygen atoms in total. The summed E-state index contributed by atoms with van der Waals surface area (Å²) in [6.07, 6.45) is 0.801. The zero-order chi connectivity index (χ0) is 10.9. The van der Waals surface area contributed by atoms with Gasteiger partial charge in [-0.3, -0.25) is 10.1 Å². The highest BCUT2D eigenvalue weighted by molar-refractivity contribution is 6.07. The molecule has 2 saturated heterocycles. The van der Waals surface area contributed by atoms with Crippen molar-refractivity contribution < 1.29 is 14.3 Å². The quantitative estimate of drug-likeness (QED) is 0.516. The molecule has 0 spiro atoms.